The van der Waals surface area contributed by atoms with Crippen LogP contribution in [0.2, 0.25) is 0 Å². The molecule has 0 unspecified atom stereocenters. The Morgan fingerprint density at radius 3 is 2.56 bits per heavy atom. The third kappa shape index (κ3) is 7.91. The van der Waals surface area contributed by atoms with Crippen molar-refractivity contribution < 1.29 is 9.47 Å². The van der Waals surface area contributed by atoms with Crippen molar-refractivity contribution in [2.24, 2.45) is 0 Å². The van der Waals surface area contributed by atoms with E-state index in [-0.39, 0.29) is 0 Å². The van der Waals surface area contributed by atoms with Gasteiger partial charge in [-0.1, -0.05) is 56.5 Å². The van der Waals surface area contributed by atoms with Crippen LogP contribution in [0, 0.1) is 0 Å². The number of benzene rings is 1. The van der Waals surface area contributed by atoms with Crippen LogP contribution in [0.15, 0.2) is 36.6 Å². The fraction of sp³-hybridized carbons (Fsp3) is 0.500. The number of ether oxygens (including phenoxy) is 2. The van der Waals surface area contributed by atoms with E-state index in [1.165, 1.54) is 19.3 Å². The highest BCUT2D eigenvalue weighted by molar-refractivity contribution is 5.47. The second kappa shape index (κ2) is 10.8. The molecule has 0 fully saturated rings. The lowest BCUT2D eigenvalue weighted by molar-refractivity contribution is 0.0829. The predicted octanol–water partition coefficient (Wildman–Crippen LogP) is 4.27. The predicted molar refractivity (Wildman–Crippen MR) is 76.4 cm³/mol. The first-order valence-electron chi connectivity index (χ1n) is 6.84. The molecule has 0 saturated heterocycles. The summed E-state index contributed by atoms with van der Waals surface area (Å²) in [5.74, 6) is 0. The van der Waals surface area contributed by atoms with Gasteiger partial charge in [-0.25, -0.2) is 0 Å². The van der Waals surface area contributed by atoms with Crippen molar-refractivity contribution in [2.75, 3.05) is 19.8 Å². The monoisotopic (exact) mass is 248 g/mol. The first kappa shape index (κ1) is 14.8. The second-order valence-corrected chi connectivity index (χ2v) is 4.26. The van der Waals surface area contributed by atoms with Crippen LogP contribution in [0.3, 0.4) is 0 Å². The number of rotatable bonds is 10. The summed E-state index contributed by atoms with van der Waals surface area (Å²) in [5.41, 5.74) is 1.15. The van der Waals surface area contributed by atoms with Crippen LogP contribution in [0.4, 0.5) is 0 Å². The highest BCUT2D eigenvalue weighted by Gasteiger charge is 1.89. The van der Waals surface area contributed by atoms with E-state index in [0.717, 1.165) is 18.6 Å². The standard InChI is InChI=1S/C16H24O2/c1-2-3-4-8-12-17-14-15-18-13-11-16-9-6-5-7-10-16/h5-7,9-11,13H,2-4,8,12,14-15H2,1H3. The molecule has 0 amide bonds. The van der Waals surface area contributed by atoms with E-state index in [0.29, 0.717) is 13.2 Å². The lowest BCUT2D eigenvalue weighted by Gasteiger charge is -2.03. The van der Waals surface area contributed by atoms with Crippen molar-refractivity contribution in [1.82, 2.24) is 0 Å². The zero-order chi connectivity index (χ0) is 12.9. The third-order valence-corrected chi connectivity index (χ3v) is 2.64. The van der Waals surface area contributed by atoms with E-state index in [1.54, 1.807) is 6.26 Å². The summed E-state index contributed by atoms with van der Waals surface area (Å²) in [7, 11) is 0. The molecule has 1 aromatic rings. The van der Waals surface area contributed by atoms with Gasteiger partial charge < -0.3 is 9.47 Å². The molecular formula is C16H24O2. The van der Waals surface area contributed by atoms with Crippen LogP contribution < -0.4 is 0 Å². The normalized spacial score (nSPS) is 10.9. The molecule has 0 aliphatic heterocycles. The van der Waals surface area contributed by atoms with Crippen molar-refractivity contribution >= 4 is 6.08 Å². The highest BCUT2D eigenvalue weighted by Crippen LogP contribution is 2.01. The van der Waals surface area contributed by atoms with Gasteiger partial charge in [0.2, 0.25) is 0 Å². The fourth-order valence-electron chi connectivity index (χ4n) is 1.60. The minimum atomic E-state index is 0.622. The van der Waals surface area contributed by atoms with Crippen molar-refractivity contribution in [2.45, 2.75) is 32.6 Å². The molecule has 0 aromatic heterocycles. The Hall–Kier alpha value is -1.28. The topological polar surface area (TPSA) is 18.5 Å². The molecule has 2 nitrogen and oxygen atoms in total. The molecule has 1 aromatic carbocycles. The summed E-state index contributed by atoms with van der Waals surface area (Å²) < 4.78 is 10.8. The van der Waals surface area contributed by atoms with Gasteiger partial charge in [-0.15, -0.1) is 0 Å². The average Bonchev–Trinajstić information content (AvgIpc) is 2.42. The summed E-state index contributed by atoms with van der Waals surface area (Å²) in [6, 6.07) is 10.1. The SMILES string of the molecule is CCCCCCOCCOC=Cc1ccccc1. The zero-order valence-electron chi connectivity index (χ0n) is 11.3. The van der Waals surface area contributed by atoms with Crippen molar-refractivity contribution in [3.05, 3.63) is 42.2 Å². The van der Waals surface area contributed by atoms with E-state index in [4.69, 9.17) is 9.47 Å². The molecule has 0 N–H and O–H groups in total. The molecule has 0 aliphatic carbocycles. The Bertz CT molecular complexity index is 306. The number of hydrogen-bond donors (Lipinski definition) is 0. The molecule has 0 radical (unpaired) electrons. The summed E-state index contributed by atoms with van der Waals surface area (Å²) in [4.78, 5) is 0. The smallest absolute Gasteiger partial charge is 0.111 e. The van der Waals surface area contributed by atoms with Gasteiger partial charge in [0.1, 0.15) is 6.61 Å². The molecule has 0 heterocycles. The molecule has 0 saturated carbocycles. The second-order valence-electron chi connectivity index (χ2n) is 4.26. The molecular weight excluding hydrogens is 224 g/mol. The van der Waals surface area contributed by atoms with E-state index in [2.05, 4.69) is 6.92 Å². The highest BCUT2D eigenvalue weighted by atomic mass is 16.5. The molecule has 18 heavy (non-hydrogen) atoms. The maximum absolute atomic E-state index is 5.47. The van der Waals surface area contributed by atoms with Gasteiger partial charge in [-0.2, -0.15) is 0 Å². The zero-order valence-corrected chi connectivity index (χ0v) is 11.3. The van der Waals surface area contributed by atoms with E-state index in [9.17, 15) is 0 Å². The third-order valence-electron chi connectivity index (χ3n) is 2.64. The van der Waals surface area contributed by atoms with Crippen molar-refractivity contribution in [3.63, 3.8) is 0 Å². The Labute approximate surface area is 111 Å². The summed E-state index contributed by atoms with van der Waals surface area (Å²) in [5, 5.41) is 0. The summed E-state index contributed by atoms with van der Waals surface area (Å²) >= 11 is 0. The molecule has 0 bridgehead atoms. The van der Waals surface area contributed by atoms with E-state index >= 15 is 0 Å². The van der Waals surface area contributed by atoms with Gasteiger partial charge in [0, 0.05) is 6.61 Å². The summed E-state index contributed by atoms with van der Waals surface area (Å²) in [6.45, 7) is 4.36. The van der Waals surface area contributed by atoms with E-state index in [1.807, 2.05) is 36.4 Å². The Kier molecular flexibility index (Phi) is 8.91. The average molecular weight is 248 g/mol. The van der Waals surface area contributed by atoms with Crippen LogP contribution >= 0.6 is 0 Å². The molecule has 2 heteroatoms. The molecule has 0 atom stereocenters. The lowest BCUT2D eigenvalue weighted by Crippen LogP contribution is -2.02. The van der Waals surface area contributed by atoms with Crippen molar-refractivity contribution in [3.8, 4) is 0 Å². The molecule has 0 aliphatic rings. The first-order chi connectivity index (χ1) is 8.93. The lowest BCUT2D eigenvalue weighted by atomic mass is 10.2. The fourth-order valence-corrected chi connectivity index (χ4v) is 1.60. The minimum absolute atomic E-state index is 0.622. The van der Waals surface area contributed by atoms with E-state index < -0.39 is 0 Å². The Morgan fingerprint density at radius 2 is 1.78 bits per heavy atom. The van der Waals surface area contributed by atoms with Crippen LogP contribution in [-0.4, -0.2) is 19.8 Å². The number of unbranched alkanes of at least 4 members (excludes halogenated alkanes) is 3. The van der Waals surface area contributed by atoms with Crippen LogP contribution in [-0.2, 0) is 9.47 Å². The Morgan fingerprint density at radius 1 is 0.944 bits per heavy atom. The van der Waals surface area contributed by atoms with Crippen molar-refractivity contribution in [1.29, 1.82) is 0 Å². The van der Waals surface area contributed by atoms with Crippen LogP contribution in [0.5, 0.6) is 0 Å². The molecule has 0 spiro atoms. The maximum Gasteiger partial charge on any atom is 0.111 e. The van der Waals surface area contributed by atoms with Gasteiger partial charge in [-0.05, 0) is 18.1 Å². The van der Waals surface area contributed by atoms with Gasteiger partial charge >= 0.3 is 0 Å². The Balaban J connectivity index is 1.91. The van der Waals surface area contributed by atoms with Gasteiger partial charge in [-0.3, -0.25) is 0 Å². The largest absolute Gasteiger partial charge is 0.499 e. The van der Waals surface area contributed by atoms with Gasteiger partial charge in [0.15, 0.2) is 0 Å². The number of hydrogen-bond acceptors (Lipinski definition) is 2. The maximum atomic E-state index is 5.47. The summed E-state index contributed by atoms with van der Waals surface area (Å²) in [6.07, 6.45) is 8.70. The van der Waals surface area contributed by atoms with Crippen LogP contribution in [0.25, 0.3) is 6.08 Å². The van der Waals surface area contributed by atoms with Crippen LogP contribution in [0.1, 0.15) is 38.2 Å². The minimum Gasteiger partial charge on any atom is -0.499 e. The quantitative estimate of drug-likeness (QED) is 0.455. The molecule has 1 rings (SSSR count). The van der Waals surface area contributed by atoms with Gasteiger partial charge in [0.05, 0.1) is 12.9 Å². The van der Waals surface area contributed by atoms with Gasteiger partial charge in [0.25, 0.3) is 0 Å². The first-order valence-corrected chi connectivity index (χ1v) is 6.84. The molecule has 100 valence electrons.